The van der Waals surface area contributed by atoms with Crippen molar-refractivity contribution in [3.63, 3.8) is 0 Å². The maximum absolute atomic E-state index is 12.5. The molecule has 10 nitrogen and oxygen atoms in total. The molecule has 1 aromatic carbocycles. The predicted molar refractivity (Wildman–Crippen MR) is 129 cm³/mol. The summed E-state index contributed by atoms with van der Waals surface area (Å²) in [6, 6.07) is 4.69. The van der Waals surface area contributed by atoms with E-state index in [1.54, 1.807) is 22.8 Å². The van der Waals surface area contributed by atoms with Gasteiger partial charge in [0, 0.05) is 30.1 Å². The number of fused-ring (bicyclic) bond motifs is 2. The van der Waals surface area contributed by atoms with Gasteiger partial charge in [-0.3, -0.25) is 4.79 Å². The number of halogens is 2. The maximum atomic E-state index is 12.5. The summed E-state index contributed by atoms with van der Waals surface area (Å²) in [4.78, 5) is 25.5. The van der Waals surface area contributed by atoms with Gasteiger partial charge >= 0.3 is 0 Å². The van der Waals surface area contributed by atoms with Gasteiger partial charge in [0.2, 0.25) is 11.2 Å². The minimum atomic E-state index is -1.20. The fourth-order valence-electron chi connectivity index (χ4n) is 5.13. The lowest BCUT2D eigenvalue weighted by Gasteiger charge is -2.23. The summed E-state index contributed by atoms with van der Waals surface area (Å²) in [7, 11) is 1.51. The zero-order valence-electron chi connectivity index (χ0n) is 18.5. The first kappa shape index (κ1) is 23.8. The van der Waals surface area contributed by atoms with Gasteiger partial charge in [-0.25, -0.2) is 4.98 Å². The molecule has 5 atom stereocenters. The number of carbonyl (C=O) groups is 1. The number of aliphatic hydroxyl groups is 3. The van der Waals surface area contributed by atoms with Crippen molar-refractivity contribution < 1.29 is 20.1 Å². The Kier molecular flexibility index (Phi) is 6.07. The highest BCUT2D eigenvalue weighted by atomic mass is 35.5. The number of rotatable bonds is 5. The molecule has 0 unspecified atom stereocenters. The average molecular weight is 517 g/mol. The van der Waals surface area contributed by atoms with Gasteiger partial charge < -0.3 is 30.5 Å². The van der Waals surface area contributed by atoms with Crippen molar-refractivity contribution in [2.45, 2.75) is 31.2 Å². The summed E-state index contributed by atoms with van der Waals surface area (Å²) in [6.45, 7) is 0.0457. The van der Waals surface area contributed by atoms with E-state index >= 15 is 0 Å². The molecule has 2 aliphatic rings. The summed E-state index contributed by atoms with van der Waals surface area (Å²) in [5, 5.41) is 36.6. The first-order valence-corrected chi connectivity index (χ1v) is 11.7. The molecular formula is C23H22Cl2N6O4. The van der Waals surface area contributed by atoms with Crippen LogP contribution < -0.4 is 10.6 Å². The summed E-state index contributed by atoms with van der Waals surface area (Å²) < 4.78 is 1.66. The van der Waals surface area contributed by atoms with E-state index in [-0.39, 0.29) is 30.3 Å². The second-order valence-electron chi connectivity index (χ2n) is 8.64. The topological polar surface area (TPSA) is 145 Å². The number of nitrogens with zero attached hydrogens (tertiary/aromatic N) is 4. The molecular weight excluding hydrogens is 495 g/mol. The normalized spacial score (nSPS) is 26.7. The quantitative estimate of drug-likeness (QED) is 0.250. The van der Waals surface area contributed by atoms with E-state index in [9.17, 15) is 15.0 Å². The van der Waals surface area contributed by atoms with E-state index in [1.807, 2.05) is 0 Å². The van der Waals surface area contributed by atoms with Crippen molar-refractivity contribution in [2.75, 3.05) is 19.0 Å². The minimum absolute atomic E-state index is 0.0307. The van der Waals surface area contributed by atoms with E-state index in [0.717, 1.165) is 5.56 Å². The Morgan fingerprint density at radius 1 is 1.31 bits per heavy atom. The number of hydrogen-bond donors (Lipinski definition) is 5. The number of hydrogen-bond acceptors (Lipinski definition) is 8. The highest BCUT2D eigenvalue weighted by molar-refractivity contribution is 6.31. The highest BCUT2D eigenvalue weighted by Gasteiger charge is 2.75. The van der Waals surface area contributed by atoms with Gasteiger partial charge in [-0.05, 0) is 41.8 Å². The summed E-state index contributed by atoms with van der Waals surface area (Å²) in [5.74, 6) is 5.25. The van der Waals surface area contributed by atoms with E-state index in [4.69, 9.17) is 28.3 Å². The molecule has 5 rings (SSSR count). The van der Waals surface area contributed by atoms with E-state index in [1.165, 1.54) is 13.4 Å². The van der Waals surface area contributed by atoms with Crippen molar-refractivity contribution in [2.24, 2.45) is 11.3 Å². The van der Waals surface area contributed by atoms with Crippen LogP contribution in [0, 0.1) is 23.2 Å². The number of aliphatic hydroxyl groups excluding tert-OH is 3. The minimum Gasteiger partial charge on any atom is -0.389 e. The van der Waals surface area contributed by atoms with Crippen molar-refractivity contribution in [1.29, 1.82) is 0 Å². The van der Waals surface area contributed by atoms with Gasteiger partial charge in [-0.15, -0.1) is 0 Å². The smallest absolute Gasteiger partial charge is 0.229 e. The van der Waals surface area contributed by atoms with Gasteiger partial charge in [0.1, 0.15) is 12.7 Å². The molecule has 2 heterocycles. The highest BCUT2D eigenvalue weighted by Crippen LogP contribution is 2.67. The van der Waals surface area contributed by atoms with Gasteiger partial charge in [-0.2, -0.15) is 9.97 Å². The molecule has 5 N–H and O–H groups in total. The molecule has 2 saturated carbocycles. The van der Waals surface area contributed by atoms with Gasteiger partial charge in [-0.1, -0.05) is 23.4 Å². The summed E-state index contributed by atoms with van der Waals surface area (Å²) >= 11 is 12.6. The molecule has 2 fully saturated rings. The number of anilines is 1. The van der Waals surface area contributed by atoms with E-state index < -0.39 is 23.7 Å². The number of nitrogens with one attached hydrogen (secondary N) is 2. The third kappa shape index (κ3) is 3.80. The van der Waals surface area contributed by atoms with Crippen LogP contribution in [0.5, 0.6) is 0 Å². The predicted octanol–water partition coefficient (Wildman–Crippen LogP) is 1.12. The molecule has 1 amide bonds. The van der Waals surface area contributed by atoms with Gasteiger partial charge in [0.15, 0.2) is 17.0 Å². The number of aromatic nitrogens is 4. The largest absolute Gasteiger partial charge is 0.389 e. The van der Waals surface area contributed by atoms with Crippen molar-refractivity contribution in [3.8, 4) is 11.8 Å². The first-order valence-electron chi connectivity index (χ1n) is 10.9. The van der Waals surface area contributed by atoms with Crippen LogP contribution >= 0.6 is 23.2 Å². The monoisotopic (exact) mass is 516 g/mol. The third-order valence-corrected chi connectivity index (χ3v) is 7.38. The van der Waals surface area contributed by atoms with E-state index in [0.29, 0.717) is 34.0 Å². The van der Waals surface area contributed by atoms with Crippen LogP contribution in [0.25, 0.3) is 11.2 Å². The molecule has 2 aliphatic carbocycles. The molecule has 35 heavy (non-hydrogen) atoms. The zero-order valence-corrected chi connectivity index (χ0v) is 20.0. The second kappa shape index (κ2) is 8.93. The number of amides is 1. The average Bonchev–Trinajstić information content (AvgIpc) is 3.39. The van der Waals surface area contributed by atoms with Crippen LogP contribution in [0.1, 0.15) is 23.6 Å². The number of benzene rings is 1. The Bertz CT molecular complexity index is 1390. The van der Waals surface area contributed by atoms with Crippen LogP contribution in [0.3, 0.4) is 0 Å². The molecule has 12 heteroatoms. The molecule has 2 aromatic heterocycles. The molecule has 0 radical (unpaired) electrons. The third-order valence-electron chi connectivity index (χ3n) is 6.84. The SMILES string of the molecule is CNC(=O)[C@]12C[C@H]1[C@@H](n1cnc3c(NCc4cc(C#CCO)ccc4Cl)nc(Cl)nc31)[C@H](O)[C@@H]2O. The van der Waals surface area contributed by atoms with Crippen molar-refractivity contribution in [1.82, 2.24) is 24.8 Å². The van der Waals surface area contributed by atoms with Crippen LogP contribution in [-0.2, 0) is 11.3 Å². The Labute approximate surface area is 210 Å². The molecule has 0 bridgehead atoms. The molecule has 0 aliphatic heterocycles. The lowest BCUT2D eigenvalue weighted by Crippen LogP contribution is -2.41. The van der Waals surface area contributed by atoms with Crippen molar-refractivity contribution in [3.05, 3.63) is 46.0 Å². The van der Waals surface area contributed by atoms with Crippen LogP contribution in [0.4, 0.5) is 5.82 Å². The molecule has 3 aromatic rings. The molecule has 182 valence electrons. The number of carbonyl (C=O) groups excluding carboxylic acids is 1. The Hall–Kier alpha value is -2.94. The first-order chi connectivity index (χ1) is 16.8. The second-order valence-corrected chi connectivity index (χ2v) is 9.39. The zero-order chi connectivity index (χ0) is 24.9. The molecule has 0 spiro atoms. The summed E-state index contributed by atoms with van der Waals surface area (Å²) in [5.41, 5.74) is 1.22. The molecule has 0 saturated heterocycles. The lowest BCUT2D eigenvalue weighted by atomic mass is 9.98. The number of imidazole rings is 1. The van der Waals surface area contributed by atoms with E-state index in [2.05, 4.69) is 37.4 Å². The Morgan fingerprint density at radius 2 is 2.11 bits per heavy atom. The van der Waals surface area contributed by atoms with Gasteiger partial charge in [0.25, 0.3) is 0 Å². The Morgan fingerprint density at radius 3 is 2.86 bits per heavy atom. The summed E-state index contributed by atoms with van der Waals surface area (Å²) in [6.07, 6.45) is -0.409. The standard InChI is InChI=1S/C23H22Cl2N6O4/c1-26-21(35)23-8-13(23)16(17(33)18(23)34)31-10-28-15-19(29-22(25)30-20(15)31)27-9-12-7-11(3-2-6-32)4-5-14(12)24/h4-5,7,10,13,16-18,32-34H,6,8-9H2,1H3,(H,26,35)(H,27,29,30)/t13-,16+,17-,18-,23+/m0/s1. The fourth-order valence-corrected chi connectivity index (χ4v) is 5.48. The van der Waals surface area contributed by atoms with Crippen LogP contribution in [-0.4, -0.2) is 66.6 Å². The maximum Gasteiger partial charge on any atom is 0.229 e. The Balaban J connectivity index is 1.46. The van der Waals surface area contributed by atoms with Crippen LogP contribution in [0.15, 0.2) is 24.5 Å². The fraction of sp³-hybridized carbons (Fsp3) is 0.391. The lowest BCUT2D eigenvalue weighted by molar-refractivity contribution is -0.132. The van der Waals surface area contributed by atoms with Crippen molar-refractivity contribution >= 4 is 46.1 Å². The van der Waals surface area contributed by atoms with Crippen LogP contribution in [0.2, 0.25) is 10.3 Å². The van der Waals surface area contributed by atoms with Gasteiger partial charge in [0.05, 0.1) is 23.9 Å².